The van der Waals surface area contributed by atoms with E-state index in [1.165, 1.54) is 10.6 Å². The molecule has 0 amide bonds. The minimum atomic E-state index is -0.467. The van der Waals surface area contributed by atoms with E-state index in [0.29, 0.717) is 12.1 Å². The molecule has 5 heteroatoms. The maximum atomic E-state index is 13.7. The third-order valence-corrected chi connectivity index (χ3v) is 2.92. The van der Waals surface area contributed by atoms with E-state index in [4.69, 9.17) is 11.6 Å². The van der Waals surface area contributed by atoms with Crippen LogP contribution >= 0.6 is 11.6 Å². The van der Waals surface area contributed by atoms with Gasteiger partial charge in [0.05, 0.1) is 11.6 Å². The van der Waals surface area contributed by atoms with Crippen molar-refractivity contribution in [2.75, 3.05) is 0 Å². The number of halogens is 2. The molecule has 1 aromatic carbocycles. The molecule has 3 nitrogen and oxygen atoms in total. The zero-order valence-electron chi connectivity index (χ0n) is 9.36. The fourth-order valence-corrected chi connectivity index (χ4v) is 1.86. The van der Waals surface area contributed by atoms with Gasteiger partial charge in [0, 0.05) is 24.5 Å². The van der Waals surface area contributed by atoms with Gasteiger partial charge in [-0.3, -0.25) is 9.13 Å². The van der Waals surface area contributed by atoms with Crippen LogP contribution in [0.15, 0.2) is 35.4 Å². The summed E-state index contributed by atoms with van der Waals surface area (Å²) in [5.74, 6) is -0.467. The maximum Gasteiger partial charge on any atom is 0.328 e. The van der Waals surface area contributed by atoms with Crippen LogP contribution in [-0.2, 0) is 13.1 Å². The average Bonchev–Trinajstić information content (AvgIpc) is 2.66. The fraction of sp³-hybridized carbons (Fsp3) is 0.250. The number of imidazole rings is 1. The molecule has 0 fully saturated rings. The largest absolute Gasteiger partial charge is 0.328 e. The van der Waals surface area contributed by atoms with Gasteiger partial charge in [0.2, 0.25) is 0 Å². The van der Waals surface area contributed by atoms with Crippen LogP contribution in [0.25, 0.3) is 0 Å². The van der Waals surface area contributed by atoms with Crippen LogP contribution in [0.1, 0.15) is 12.5 Å². The van der Waals surface area contributed by atoms with E-state index in [0.717, 1.165) is 0 Å². The van der Waals surface area contributed by atoms with Gasteiger partial charge < -0.3 is 0 Å². The smallest absolute Gasteiger partial charge is 0.300 e. The number of hydrogen-bond donors (Lipinski definition) is 0. The van der Waals surface area contributed by atoms with Crippen LogP contribution in [-0.4, -0.2) is 9.13 Å². The van der Waals surface area contributed by atoms with Crippen molar-refractivity contribution in [2.45, 2.75) is 20.0 Å². The minimum Gasteiger partial charge on any atom is -0.300 e. The van der Waals surface area contributed by atoms with Crippen LogP contribution in [0.4, 0.5) is 4.39 Å². The second-order valence-corrected chi connectivity index (χ2v) is 4.11. The predicted octanol–water partition coefficient (Wildman–Crippen LogP) is 2.51. The Labute approximate surface area is 103 Å². The number of aromatic nitrogens is 2. The molecule has 1 heterocycles. The molecular formula is C12H12ClFN2O. The second kappa shape index (κ2) is 4.75. The van der Waals surface area contributed by atoms with E-state index in [1.807, 2.05) is 6.92 Å². The summed E-state index contributed by atoms with van der Waals surface area (Å²) in [4.78, 5) is 11.8. The normalized spacial score (nSPS) is 10.8. The van der Waals surface area contributed by atoms with Gasteiger partial charge in [-0.05, 0) is 13.0 Å². The van der Waals surface area contributed by atoms with E-state index in [1.54, 1.807) is 29.1 Å². The number of benzene rings is 1. The van der Waals surface area contributed by atoms with E-state index < -0.39 is 5.82 Å². The first-order valence-electron chi connectivity index (χ1n) is 5.32. The summed E-state index contributed by atoms with van der Waals surface area (Å²) in [5.41, 5.74) is 0.264. The van der Waals surface area contributed by atoms with Crippen LogP contribution in [0, 0.1) is 5.82 Å². The van der Waals surface area contributed by atoms with Crippen molar-refractivity contribution in [3.63, 3.8) is 0 Å². The number of nitrogens with zero attached hydrogens (tertiary/aromatic N) is 2. The summed E-state index contributed by atoms with van der Waals surface area (Å²) in [5, 5.41) is 0.0745. The highest BCUT2D eigenvalue weighted by Crippen LogP contribution is 2.18. The molecule has 0 saturated carbocycles. The van der Waals surface area contributed by atoms with Crippen molar-refractivity contribution < 1.29 is 4.39 Å². The summed E-state index contributed by atoms with van der Waals surface area (Å²) < 4.78 is 16.7. The van der Waals surface area contributed by atoms with Crippen molar-refractivity contribution in [1.29, 1.82) is 0 Å². The molecule has 2 aromatic rings. The molecule has 1 aromatic heterocycles. The number of rotatable bonds is 3. The van der Waals surface area contributed by atoms with Gasteiger partial charge in [-0.1, -0.05) is 23.7 Å². The zero-order valence-corrected chi connectivity index (χ0v) is 10.1. The molecule has 2 rings (SSSR count). The standard InChI is InChI=1S/C12H12ClFN2O/c1-2-15-6-7-16(12(15)17)8-9-4-3-5-10(13)11(9)14/h3-7H,2,8H2,1H3. The monoisotopic (exact) mass is 254 g/mol. The van der Waals surface area contributed by atoms with Crippen molar-refractivity contribution in [3.8, 4) is 0 Å². The van der Waals surface area contributed by atoms with Crippen LogP contribution in [0.3, 0.4) is 0 Å². The maximum absolute atomic E-state index is 13.7. The van der Waals surface area contributed by atoms with E-state index in [2.05, 4.69) is 0 Å². The van der Waals surface area contributed by atoms with Crippen LogP contribution < -0.4 is 5.69 Å². The molecule has 90 valence electrons. The van der Waals surface area contributed by atoms with Gasteiger partial charge in [-0.25, -0.2) is 9.18 Å². The lowest BCUT2D eigenvalue weighted by molar-refractivity contribution is 0.591. The highest BCUT2D eigenvalue weighted by Gasteiger charge is 2.08. The van der Waals surface area contributed by atoms with E-state index in [-0.39, 0.29) is 17.3 Å². The average molecular weight is 255 g/mol. The molecule has 0 atom stereocenters. The molecule has 0 radical (unpaired) electrons. The Balaban J connectivity index is 2.35. The minimum absolute atomic E-state index is 0.0745. The Morgan fingerprint density at radius 3 is 2.65 bits per heavy atom. The van der Waals surface area contributed by atoms with Gasteiger partial charge in [0.25, 0.3) is 0 Å². The Kier molecular flexibility index (Phi) is 3.33. The molecule has 0 aliphatic heterocycles. The van der Waals surface area contributed by atoms with Crippen molar-refractivity contribution in [1.82, 2.24) is 9.13 Å². The molecule has 0 saturated heterocycles. The predicted molar refractivity (Wildman–Crippen MR) is 64.9 cm³/mol. The molecule has 0 N–H and O–H groups in total. The van der Waals surface area contributed by atoms with Crippen molar-refractivity contribution >= 4 is 11.6 Å². The van der Waals surface area contributed by atoms with Crippen molar-refractivity contribution in [2.24, 2.45) is 0 Å². The first-order chi connectivity index (χ1) is 8.13. The van der Waals surface area contributed by atoms with Crippen LogP contribution in [0.2, 0.25) is 5.02 Å². The summed E-state index contributed by atoms with van der Waals surface area (Å²) in [6.45, 7) is 2.67. The topological polar surface area (TPSA) is 26.9 Å². The summed E-state index contributed by atoms with van der Waals surface area (Å²) in [6.07, 6.45) is 3.33. The molecule has 0 spiro atoms. The fourth-order valence-electron chi connectivity index (χ4n) is 1.67. The summed E-state index contributed by atoms with van der Waals surface area (Å²) in [6, 6.07) is 4.78. The molecule has 0 bridgehead atoms. The molecular weight excluding hydrogens is 243 g/mol. The van der Waals surface area contributed by atoms with E-state index >= 15 is 0 Å². The van der Waals surface area contributed by atoms with Gasteiger partial charge >= 0.3 is 5.69 Å². The Morgan fingerprint density at radius 1 is 1.29 bits per heavy atom. The highest BCUT2D eigenvalue weighted by molar-refractivity contribution is 6.30. The lowest BCUT2D eigenvalue weighted by Gasteiger charge is -2.04. The van der Waals surface area contributed by atoms with Gasteiger partial charge in [-0.15, -0.1) is 0 Å². The van der Waals surface area contributed by atoms with Crippen LogP contribution in [0.5, 0.6) is 0 Å². The molecule has 0 unspecified atom stereocenters. The quantitative estimate of drug-likeness (QED) is 0.827. The lowest BCUT2D eigenvalue weighted by atomic mass is 10.2. The third-order valence-electron chi connectivity index (χ3n) is 2.63. The first kappa shape index (κ1) is 11.9. The third kappa shape index (κ3) is 2.26. The summed E-state index contributed by atoms with van der Waals surface area (Å²) >= 11 is 5.68. The van der Waals surface area contributed by atoms with E-state index in [9.17, 15) is 9.18 Å². The van der Waals surface area contributed by atoms with Gasteiger partial charge in [-0.2, -0.15) is 0 Å². The Hall–Kier alpha value is -1.55. The highest BCUT2D eigenvalue weighted by atomic mass is 35.5. The number of aryl methyl sites for hydroxylation is 1. The Morgan fingerprint density at radius 2 is 2.00 bits per heavy atom. The Bertz CT molecular complexity index is 588. The second-order valence-electron chi connectivity index (χ2n) is 3.71. The SMILES string of the molecule is CCn1ccn(Cc2cccc(Cl)c2F)c1=O. The molecule has 0 aliphatic carbocycles. The molecule has 0 aliphatic rings. The lowest BCUT2D eigenvalue weighted by Crippen LogP contribution is -2.24. The zero-order chi connectivity index (χ0) is 12.4. The molecule has 17 heavy (non-hydrogen) atoms. The summed E-state index contributed by atoms with van der Waals surface area (Å²) in [7, 11) is 0. The number of hydrogen-bond acceptors (Lipinski definition) is 1. The van der Waals surface area contributed by atoms with Gasteiger partial charge in [0.1, 0.15) is 5.82 Å². The first-order valence-corrected chi connectivity index (χ1v) is 5.69. The van der Waals surface area contributed by atoms with Gasteiger partial charge in [0.15, 0.2) is 0 Å². The van der Waals surface area contributed by atoms with Crippen molar-refractivity contribution in [3.05, 3.63) is 57.5 Å².